The van der Waals surface area contributed by atoms with E-state index in [1.807, 2.05) is 11.8 Å². The molecule has 2 heterocycles. The summed E-state index contributed by atoms with van der Waals surface area (Å²) >= 11 is 2.04. The van der Waals surface area contributed by atoms with Gasteiger partial charge in [0.05, 0.1) is 5.92 Å². The van der Waals surface area contributed by atoms with E-state index in [0.29, 0.717) is 0 Å². The second-order valence-electron chi connectivity index (χ2n) is 6.22. The zero-order chi connectivity index (χ0) is 15.4. The first kappa shape index (κ1) is 21.6. The largest absolute Gasteiger partial charge is 0.326 e. The molecule has 2 fully saturated rings. The van der Waals surface area contributed by atoms with Crippen LogP contribution < -0.4 is 10.6 Å². The summed E-state index contributed by atoms with van der Waals surface area (Å²) in [6.07, 6.45) is 0.940. The van der Waals surface area contributed by atoms with Crippen LogP contribution in [0.4, 0.5) is 5.69 Å². The summed E-state index contributed by atoms with van der Waals surface area (Å²) in [5, 5.41) is 6.33. The van der Waals surface area contributed by atoms with E-state index in [1.54, 1.807) is 0 Å². The van der Waals surface area contributed by atoms with E-state index in [0.717, 1.165) is 37.3 Å². The zero-order valence-electron chi connectivity index (χ0n) is 14.0. The number of hydrogen-bond acceptors (Lipinski definition) is 4. The van der Waals surface area contributed by atoms with Gasteiger partial charge in [0.15, 0.2) is 0 Å². The van der Waals surface area contributed by atoms with Gasteiger partial charge in [0.1, 0.15) is 0 Å². The number of halogens is 2. The summed E-state index contributed by atoms with van der Waals surface area (Å²) in [4.78, 5) is 14.7. The van der Waals surface area contributed by atoms with Gasteiger partial charge in [-0.1, -0.05) is 12.1 Å². The number of benzene rings is 1. The van der Waals surface area contributed by atoms with Gasteiger partial charge in [-0.2, -0.15) is 11.8 Å². The van der Waals surface area contributed by atoms with Gasteiger partial charge in [0.2, 0.25) is 5.91 Å². The van der Waals surface area contributed by atoms with Crippen LogP contribution in [0.15, 0.2) is 18.2 Å². The molecule has 2 saturated heterocycles. The molecule has 1 atom stereocenters. The number of nitrogens with zero attached hydrogens (tertiary/aromatic N) is 1. The molecule has 0 saturated carbocycles. The highest BCUT2D eigenvalue weighted by molar-refractivity contribution is 7.99. The second-order valence-corrected chi connectivity index (χ2v) is 7.44. The Kier molecular flexibility index (Phi) is 9.45. The molecule has 0 aliphatic carbocycles. The average molecular weight is 392 g/mol. The van der Waals surface area contributed by atoms with Gasteiger partial charge in [-0.3, -0.25) is 9.69 Å². The molecule has 2 aliphatic heterocycles. The van der Waals surface area contributed by atoms with Crippen LogP contribution in [0, 0.1) is 12.8 Å². The van der Waals surface area contributed by atoms with Crippen LogP contribution in [0.1, 0.15) is 17.5 Å². The Hall–Kier alpha value is -0.460. The summed E-state index contributed by atoms with van der Waals surface area (Å²) in [6, 6.07) is 6.42. The smallest absolute Gasteiger partial charge is 0.228 e. The molecule has 7 heteroatoms. The van der Waals surface area contributed by atoms with Gasteiger partial charge < -0.3 is 10.6 Å². The number of aryl methyl sites for hydroxylation is 1. The molecule has 0 radical (unpaired) electrons. The molecular formula is C17H27Cl2N3OS. The molecule has 3 rings (SSSR count). The SMILES string of the molecule is Cc1cc(CN2CCSCC2)ccc1NC(=O)C1CCNC1.Cl.Cl. The molecule has 24 heavy (non-hydrogen) atoms. The normalized spacial score (nSPS) is 20.8. The predicted octanol–water partition coefficient (Wildman–Crippen LogP) is 2.94. The van der Waals surface area contributed by atoms with Crippen molar-refractivity contribution in [3.05, 3.63) is 29.3 Å². The third kappa shape index (κ3) is 5.81. The fraction of sp³-hybridized carbons (Fsp3) is 0.588. The van der Waals surface area contributed by atoms with Crippen LogP contribution >= 0.6 is 36.6 Å². The van der Waals surface area contributed by atoms with Gasteiger partial charge in [-0.05, 0) is 37.1 Å². The Morgan fingerprint density at radius 2 is 2.08 bits per heavy atom. The Balaban J connectivity index is 0.00000144. The van der Waals surface area contributed by atoms with E-state index in [4.69, 9.17) is 0 Å². The lowest BCUT2D eigenvalue weighted by Gasteiger charge is -2.26. The lowest BCUT2D eigenvalue weighted by atomic mass is 10.1. The van der Waals surface area contributed by atoms with E-state index in [9.17, 15) is 4.79 Å². The quantitative estimate of drug-likeness (QED) is 0.827. The van der Waals surface area contributed by atoms with Crippen molar-refractivity contribution in [1.29, 1.82) is 0 Å². The molecule has 1 unspecified atom stereocenters. The van der Waals surface area contributed by atoms with E-state index in [1.165, 1.54) is 30.2 Å². The molecule has 2 N–H and O–H groups in total. The molecular weight excluding hydrogens is 365 g/mol. The first-order chi connectivity index (χ1) is 10.7. The van der Waals surface area contributed by atoms with E-state index in [2.05, 4.69) is 40.7 Å². The number of hydrogen-bond donors (Lipinski definition) is 2. The highest BCUT2D eigenvalue weighted by atomic mass is 35.5. The van der Waals surface area contributed by atoms with Crippen LogP contribution in [-0.2, 0) is 11.3 Å². The lowest BCUT2D eigenvalue weighted by molar-refractivity contribution is -0.119. The maximum atomic E-state index is 12.2. The van der Waals surface area contributed by atoms with E-state index < -0.39 is 0 Å². The molecule has 0 spiro atoms. The lowest BCUT2D eigenvalue weighted by Crippen LogP contribution is -2.32. The maximum absolute atomic E-state index is 12.2. The second kappa shape index (κ2) is 10.5. The molecule has 1 aromatic carbocycles. The van der Waals surface area contributed by atoms with Crippen molar-refractivity contribution in [1.82, 2.24) is 10.2 Å². The molecule has 0 aromatic heterocycles. The highest BCUT2D eigenvalue weighted by Crippen LogP contribution is 2.20. The van der Waals surface area contributed by atoms with Crippen LogP contribution in [0.5, 0.6) is 0 Å². The number of nitrogens with one attached hydrogen (secondary N) is 2. The van der Waals surface area contributed by atoms with Crippen molar-refractivity contribution in [3.8, 4) is 0 Å². The number of carbonyl (C=O) groups is 1. The number of anilines is 1. The summed E-state index contributed by atoms with van der Waals surface area (Å²) in [5.41, 5.74) is 3.45. The van der Waals surface area contributed by atoms with E-state index in [-0.39, 0.29) is 36.6 Å². The zero-order valence-corrected chi connectivity index (χ0v) is 16.5. The molecule has 1 aromatic rings. The fourth-order valence-corrected chi connectivity index (χ4v) is 4.07. The number of carbonyl (C=O) groups excluding carboxylic acids is 1. The Morgan fingerprint density at radius 1 is 1.33 bits per heavy atom. The topological polar surface area (TPSA) is 44.4 Å². The Morgan fingerprint density at radius 3 is 2.71 bits per heavy atom. The van der Waals surface area contributed by atoms with Crippen LogP contribution in [-0.4, -0.2) is 48.5 Å². The fourth-order valence-electron chi connectivity index (χ4n) is 3.10. The third-order valence-corrected chi connectivity index (χ3v) is 5.43. The van der Waals surface area contributed by atoms with Crippen molar-refractivity contribution >= 4 is 48.2 Å². The average Bonchev–Trinajstić information content (AvgIpc) is 3.05. The molecule has 2 aliphatic rings. The Bertz CT molecular complexity index is 533. The molecule has 1 amide bonds. The van der Waals surface area contributed by atoms with E-state index >= 15 is 0 Å². The van der Waals surface area contributed by atoms with Gasteiger partial charge in [-0.25, -0.2) is 0 Å². The van der Waals surface area contributed by atoms with Crippen LogP contribution in [0.3, 0.4) is 0 Å². The molecule has 0 bridgehead atoms. The summed E-state index contributed by atoms with van der Waals surface area (Å²) in [5.74, 6) is 2.74. The first-order valence-electron chi connectivity index (χ1n) is 8.13. The van der Waals surface area contributed by atoms with Crippen LogP contribution in [0.25, 0.3) is 0 Å². The first-order valence-corrected chi connectivity index (χ1v) is 9.29. The minimum Gasteiger partial charge on any atom is -0.326 e. The summed E-state index contributed by atoms with van der Waals surface area (Å²) in [7, 11) is 0. The van der Waals surface area contributed by atoms with Gasteiger partial charge in [0, 0.05) is 43.4 Å². The highest BCUT2D eigenvalue weighted by Gasteiger charge is 2.22. The Labute approximate surface area is 161 Å². The third-order valence-electron chi connectivity index (χ3n) is 4.49. The van der Waals surface area contributed by atoms with Crippen molar-refractivity contribution in [2.75, 3.05) is 43.0 Å². The van der Waals surface area contributed by atoms with Gasteiger partial charge in [0.25, 0.3) is 0 Å². The minimum absolute atomic E-state index is 0. The number of rotatable bonds is 4. The van der Waals surface area contributed by atoms with Crippen molar-refractivity contribution < 1.29 is 4.79 Å². The number of thioether (sulfide) groups is 1. The molecule has 136 valence electrons. The van der Waals surface area contributed by atoms with Crippen molar-refractivity contribution in [2.24, 2.45) is 5.92 Å². The van der Waals surface area contributed by atoms with Gasteiger partial charge >= 0.3 is 0 Å². The van der Waals surface area contributed by atoms with Crippen molar-refractivity contribution in [2.45, 2.75) is 19.9 Å². The molecule has 4 nitrogen and oxygen atoms in total. The van der Waals surface area contributed by atoms with Gasteiger partial charge in [-0.15, -0.1) is 24.8 Å². The minimum atomic E-state index is 0. The predicted molar refractivity (Wildman–Crippen MR) is 108 cm³/mol. The summed E-state index contributed by atoms with van der Waals surface area (Å²) < 4.78 is 0. The number of amides is 1. The standard InChI is InChI=1S/C17H25N3OS.2ClH/c1-13-10-14(12-20-6-8-22-9-7-20)2-3-16(13)19-17(21)15-4-5-18-11-15;;/h2-3,10,15,18H,4-9,11-12H2,1H3,(H,19,21);2*1H. The van der Waals surface area contributed by atoms with Crippen molar-refractivity contribution in [3.63, 3.8) is 0 Å². The van der Waals surface area contributed by atoms with Crippen LogP contribution in [0.2, 0.25) is 0 Å². The maximum Gasteiger partial charge on any atom is 0.228 e. The summed E-state index contributed by atoms with van der Waals surface area (Å²) in [6.45, 7) is 7.20. The monoisotopic (exact) mass is 391 g/mol.